The number of aliphatic hydroxyl groups excluding tert-OH is 1. The van der Waals surface area contributed by atoms with Crippen molar-refractivity contribution in [2.45, 2.75) is 19.5 Å². The van der Waals surface area contributed by atoms with Gasteiger partial charge in [0, 0.05) is 18.6 Å². The van der Waals surface area contributed by atoms with Gasteiger partial charge in [-0.05, 0) is 23.3 Å². The molecule has 5 rings (SSSR count). The van der Waals surface area contributed by atoms with E-state index in [4.69, 9.17) is 15.1 Å². The molecule has 3 heterocycles. The van der Waals surface area contributed by atoms with Gasteiger partial charge in [0.05, 0.1) is 25.0 Å². The van der Waals surface area contributed by atoms with Crippen molar-refractivity contribution in [3.8, 4) is 22.4 Å². The maximum absolute atomic E-state index is 9.32. The monoisotopic (exact) mass is 425 g/mol. The van der Waals surface area contributed by atoms with Crippen LogP contribution in [0.15, 0.2) is 89.8 Å². The predicted molar refractivity (Wildman–Crippen MR) is 125 cm³/mol. The van der Waals surface area contributed by atoms with Gasteiger partial charge in [0.2, 0.25) is 17.8 Å². The number of anilines is 1. The number of aromatic nitrogens is 3. The number of hydrogen-bond acceptors (Lipinski definition) is 4. The zero-order valence-electron chi connectivity index (χ0n) is 17.7. The Morgan fingerprint density at radius 1 is 0.938 bits per heavy atom. The van der Waals surface area contributed by atoms with E-state index in [9.17, 15) is 5.11 Å². The second kappa shape index (κ2) is 8.69. The van der Waals surface area contributed by atoms with E-state index in [1.807, 2.05) is 53.1 Å². The molecule has 0 radical (unpaired) electrons. The van der Waals surface area contributed by atoms with E-state index in [0.717, 1.165) is 39.2 Å². The first-order valence-corrected chi connectivity index (χ1v) is 10.7. The van der Waals surface area contributed by atoms with Crippen molar-refractivity contribution in [2.24, 2.45) is 0 Å². The summed E-state index contributed by atoms with van der Waals surface area (Å²) >= 11 is 0. The number of rotatable bonds is 7. The molecule has 0 atom stereocenters. The molecule has 5 aromatic rings. The van der Waals surface area contributed by atoms with Gasteiger partial charge in [-0.15, -0.1) is 0 Å². The van der Waals surface area contributed by atoms with Crippen LogP contribution in [-0.4, -0.2) is 21.3 Å². The smallest absolute Gasteiger partial charge is 0.232 e. The van der Waals surface area contributed by atoms with E-state index in [1.54, 1.807) is 12.6 Å². The standard InChI is InChI=1S/C26H24N4O2/c27-25-23-22(19-9-3-1-4-10-19)24(20-11-5-2-6-12-20)30(17-21-13-7-16-32-21)26(23)28-18-29(25)14-8-15-31/h1-7,9-13,16,18,27,31H,8,14-15,17H2/p+1. The number of nitrogens with zero attached hydrogens (tertiary/aromatic N) is 3. The van der Waals surface area contributed by atoms with E-state index < -0.39 is 0 Å². The quantitative estimate of drug-likeness (QED) is 0.382. The van der Waals surface area contributed by atoms with Gasteiger partial charge < -0.3 is 19.8 Å². The highest BCUT2D eigenvalue weighted by Crippen LogP contribution is 2.42. The SMILES string of the molecule is Nc1c2c(-c3ccccc3)c(-c3ccccc3)n(Cc3ccco3)c2nc[n+]1CCCO. The summed E-state index contributed by atoms with van der Waals surface area (Å²) in [6.45, 7) is 1.24. The molecule has 3 N–H and O–H groups in total. The molecule has 6 nitrogen and oxygen atoms in total. The largest absolute Gasteiger partial charge is 0.467 e. The lowest BCUT2D eigenvalue weighted by molar-refractivity contribution is -0.685. The molecule has 160 valence electrons. The predicted octanol–water partition coefficient (Wildman–Crippen LogP) is 4.26. The van der Waals surface area contributed by atoms with Crippen LogP contribution >= 0.6 is 0 Å². The van der Waals surface area contributed by atoms with Gasteiger partial charge in [-0.1, -0.05) is 65.6 Å². The van der Waals surface area contributed by atoms with Crippen molar-refractivity contribution in [3.63, 3.8) is 0 Å². The lowest BCUT2D eigenvalue weighted by atomic mass is 9.99. The first-order chi connectivity index (χ1) is 15.8. The van der Waals surface area contributed by atoms with Crippen LogP contribution in [0.1, 0.15) is 12.2 Å². The van der Waals surface area contributed by atoms with Crippen LogP contribution in [-0.2, 0) is 13.1 Å². The number of aryl methyl sites for hydroxylation is 1. The molecule has 0 fully saturated rings. The Bertz CT molecular complexity index is 1330. The van der Waals surface area contributed by atoms with Crippen molar-refractivity contribution in [1.29, 1.82) is 0 Å². The van der Waals surface area contributed by atoms with Gasteiger partial charge in [0.25, 0.3) is 0 Å². The van der Waals surface area contributed by atoms with Crippen molar-refractivity contribution in [3.05, 3.63) is 91.1 Å². The normalized spacial score (nSPS) is 11.3. The topological polar surface area (TPSA) is 81.1 Å². The Kier molecular flexibility index (Phi) is 5.44. The van der Waals surface area contributed by atoms with Crippen molar-refractivity contribution < 1.29 is 14.1 Å². The molecule has 2 aromatic carbocycles. The number of furan rings is 1. The first-order valence-electron chi connectivity index (χ1n) is 10.7. The molecule has 6 heteroatoms. The summed E-state index contributed by atoms with van der Waals surface area (Å²) in [5, 5.41) is 10.2. The summed E-state index contributed by atoms with van der Waals surface area (Å²) in [4.78, 5) is 4.83. The molecule has 0 bridgehead atoms. The number of aliphatic hydroxyl groups is 1. The summed E-state index contributed by atoms with van der Waals surface area (Å²) in [5.41, 5.74) is 11.8. The Labute approximate surface area is 186 Å². The average molecular weight is 426 g/mol. The van der Waals surface area contributed by atoms with Crippen LogP contribution in [0.5, 0.6) is 0 Å². The maximum Gasteiger partial charge on any atom is 0.232 e. The lowest BCUT2D eigenvalue weighted by Crippen LogP contribution is -2.38. The van der Waals surface area contributed by atoms with E-state index in [2.05, 4.69) is 28.8 Å². The zero-order chi connectivity index (χ0) is 21.9. The molecule has 3 aromatic heterocycles. The third-order valence-electron chi connectivity index (χ3n) is 5.68. The third kappa shape index (κ3) is 3.55. The molecule has 0 amide bonds. The summed E-state index contributed by atoms with van der Waals surface area (Å²) < 4.78 is 9.78. The van der Waals surface area contributed by atoms with Gasteiger partial charge in [0.1, 0.15) is 11.1 Å². The maximum atomic E-state index is 9.32. The highest BCUT2D eigenvalue weighted by atomic mass is 16.3. The molecule has 0 saturated heterocycles. The van der Waals surface area contributed by atoms with Gasteiger partial charge in [-0.3, -0.25) is 0 Å². The van der Waals surface area contributed by atoms with E-state index in [0.29, 0.717) is 25.3 Å². The van der Waals surface area contributed by atoms with Crippen LogP contribution in [0.3, 0.4) is 0 Å². The molecule has 0 saturated carbocycles. The second-order valence-corrected chi connectivity index (χ2v) is 7.72. The highest BCUT2D eigenvalue weighted by Gasteiger charge is 2.27. The Morgan fingerprint density at radius 3 is 2.31 bits per heavy atom. The first kappa shape index (κ1) is 20.0. The van der Waals surface area contributed by atoms with Crippen molar-refractivity contribution >= 4 is 16.9 Å². The fraction of sp³-hybridized carbons (Fsp3) is 0.154. The average Bonchev–Trinajstić information content (AvgIpc) is 3.47. The minimum Gasteiger partial charge on any atom is -0.467 e. The van der Waals surface area contributed by atoms with Crippen molar-refractivity contribution in [1.82, 2.24) is 9.55 Å². The van der Waals surface area contributed by atoms with Gasteiger partial charge >= 0.3 is 0 Å². The molecule has 0 spiro atoms. The molecule has 0 aliphatic carbocycles. The van der Waals surface area contributed by atoms with E-state index >= 15 is 0 Å². The Morgan fingerprint density at radius 2 is 1.66 bits per heavy atom. The fourth-order valence-electron chi connectivity index (χ4n) is 4.23. The minimum absolute atomic E-state index is 0.102. The summed E-state index contributed by atoms with van der Waals surface area (Å²) in [6, 6.07) is 24.4. The van der Waals surface area contributed by atoms with Gasteiger partial charge in [-0.25, -0.2) is 4.57 Å². The lowest BCUT2D eigenvalue weighted by Gasteiger charge is -2.11. The molecule has 0 unspecified atom stereocenters. The third-order valence-corrected chi connectivity index (χ3v) is 5.68. The number of nitrogens with two attached hydrogens (primary N) is 1. The minimum atomic E-state index is 0.102. The second-order valence-electron chi connectivity index (χ2n) is 7.72. The summed E-state index contributed by atoms with van der Waals surface area (Å²) in [7, 11) is 0. The molecule has 0 aliphatic heterocycles. The number of hydrogen-bond donors (Lipinski definition) is 2. The molecular formula is C26H25N4O2+. The molecule has 0 aliphatic rings. The molecular weight excluding hydrogens is 400 g/mol. The van der Waals surface area contributed by atoms with Crippen LogP contribution in [0, 0.1) is 0 Å². The summed E-state index contributed by atoms with van der Waals surface area (Å²) in [5.74, 6) is 1.48. The number of nitrogen functional groups attached to an aromatic ring is 1. The van der Waals surface area contributed by atoms with Crippen LogP contribution in [0.4, 0.5) is 5.82 Å². The van der Waals surface area contributed by atoms with Crippen molar-refractivity contribution in [2.75, 3.05) is 12.3 Å². The summed E-state index contributed by atoms with van der Waals surface area (Å²) in [6.07, 6.45) is 4.06. The Hall–Kier alpha value is -3.90. The van der Waals surface area contributed by atoms with Gasteiger partial charge in [-0.2, -0.15) is 0 Å². The number of benzene rings is 2. The van der Waals surface area contributed by atoms with E-state index in [-0.39, 0.29) is 6.61 Å². The number of fused-ring (bicyclic) bond motifs is 1. The fourth-order valence-corrected chi connectivity index (χ4v) is 4.23. The zero-order valence-corrected chi connectivity index (χ0v) is 17.7. The Balaban J connectivity index is 1.87. The molecule has 32 heavy (non-hydrogen) atoms. The van der Waals surface area contributed by atoms with Crippen LogP contribution in [0.25, 0.3) is 33.4 Å². The van der Waals surface area contributed by atoms with E-state index in [1.165, 1.54) is 0 Å². The van der Waals surface area contributed by atoms with Crippen LogP contribution in [0.2, 0.25) is 0 Å². The highest BCUT2D eigenvalue weighted by molar-refractivity contribution is 6.07. The van der Waals surface area contributed by atoms with Crippen LogP contribution < -0.4 is 10.3 Å². The van der Waals surface area contributed by atoms with Gasteiger partial charge in [0.15, 0.2) is 0 Å².